The van der Waals surface area contributed by atoms with Gasteiger partial charge in [0.1, 0.15) is 0 Å². The molecule has 0 saturated carbocycles. The average molecular weight is 356 g/mol. The summed E-state index contributed by atoms with van der Waals surface area (Å²) in [7, 11) is 0. The minimum absolute atomic E-state index is 0.219. The fourth-order valence-electron chi connectivity index (χ4n) is 2.66. The molecule has 5 nitrogen and oxygen atoms in total. The monoisotopic (exact) mass is 355 g/mol. The number of benzene rings is 1. The number of furan rings is 1. The third kappa shape index (κ3) is 3.51. The standard InChI is InChI=1S/C19H18ClN3O2/c1-12-6-7-16(10-17(12)20)23-13(2)9-15(14(23)3)11-21-22-19(24)18-5-4-8-25-18/h4-11H,1-3H3,(H,22,24)/b21-11-. The van der Waals surface area contributed by atoms with Gasteiger partial charge in [-0.3, -0.25) is 4.79 Å². The number of nitrogens with one attached hydrogen (secondary N) is 1. The summed E-state index contributed by atoms with van der Waals surface area (Å²) in [5.41, 5.74) is 7.45. The van der Waals surface area contributed by atoms with E-state index in [4.69, 9.17) is 16.0 Å². The first kappa shape index (κ1) is 17.0. The molecule has 3 rings (SSSR count). The van der Waals surface area contributed by atoms with E-state index in [-0.39, 0.29) is 11.7 Å². The van der Waals surface area contributed by atoms with Crippen LogP contribution >= 0.6 is 11.6 Å². The summed E-state index contributed by atoms with van der Waals surface area (Å²) in [6.07, 6.45) is 3.06. The molecule has 2 aromatic heterocycles. The van der Waals surface area contributed by atoms with Crippen molar-refractivity contribution in [3.8, 4) is 5.69 Å². The minimum atomic E-state index is -0.389. The average Bonchev–Trinajstić information content (AvgIpc) is 3.20. The number of hydrazone groups is 1. The maximum absolute atomic E-state index is 11.8. The van der Waals surface area contributed by atoms with Crippen LogP contribution in [0.15, 0.2) is 52.2 Å². The van der Waals surface area contributed by atoms with Crippen LogP contribution in [0.4, 0.5) is 0 Å². The van der Waals surface area contributed by atoms with Gasteiger partial charge in [-0.2, -0.15) is 5.10 Å². The van der Waals surface area contributed by atoms with Gasteiger partial charge in [-0.1, -0.05) is 17.7 Å². The Bertz CT molecular complexity index is 940. The summed E-state index contributed by atoms with van der Waals surface area (Å²) >= 11 is 6.25. The van der Waals surface area contributed by atoms with Crippen molar-refractivity contribution in [3.63, 3.8) is 0 Å². The van der Waals surface area contributed by atoms with Gasteiger partial charge in [-0.25, -0.2) is 5.43 Å². The molecule has 25 heavy (non-hydrogen) atoms. The number of aryl methyl sites for hydroxylation is 2. The van der Waals surface area contributed by atoms with Crippen LogP contribution in [-0.4, -0.2) is 16.7 Å². The Hall–Kier alpha value is -2.79. The quantitative estimate of drug-likeness (QED) is 0.556. The van der Waals surface area contributed by atoms with Crippen molar-refractivity contribution in [2.75, 3.05) is 0 Å². The molecule has 0 atom stereocenters. The second kappa shape index (κ2) is 6.99. The second-order valence-corrected chi connectivity index (χ2v) is 6.18. The van der Waals surface area contributed by atoms with Crippen LogP contribution < -0.4 is 5.43 Å². The zero-order chi connectivity index (χ0) is 18.0. The molecule has 1 N–H and O–H groups in total. The SMILES string of the molecule is Cc1ccc(-n2c(C)cc(/C=N\NC(=O)c3ccco3)c2C)cc1Cl. The molecule has 0 bridgehead atoms. The fourth-order valence-corrected chi connectivity index (χ4v) is 2.83. The number of aromatic nitrogens is 1. The third-order valence-corrected chi connectivity index (χ3v) is 4.41. The molecule has 0 fully saturated rings. The van der Waals surface area contributed by atoms with E-state index in [0.717, 1.165) is 33.2 Å². The highest BCUT2D eigenvalue weighted by Gasteiger charge is 2.11. The Labute approximate surface area is 150 Å². The van der Waals surface area contributed by atoms with E-state index in [0.29, 0.717) is 0 Å². The molecular formula is C19H18ClN3O2. The Kier molecular flexibility index (Phi) is 4.76. The summed E-state index contributed by atoms with van der Waals surface area (Å²) in [5.74, 6) is -0.169. The van der Waals surface area contributed by atoms with E-state index in [2.05, 4.69) is 15.1 Å². The minimum Gasteiger partial charge on any atom is -0.459 e. The first-order chi connectivity index (χ1) is 12.0. The lowest BCUT2D eigenvalue weighted by Crippen LogP contribution is -2.16. The van der Waals surface area contributed by atoms with Crippen LogP contribution in [0.5, 0.6) is 0 Å². The Morgan fingerprint density at radius 3 is 2.72 bits per heavy atom. The molecule has 0 aliphatic rings. The van der Waals surface area contributed by atoms with E-state index in [1.807, 2.05) is 45.0 Å². The molecule has 0 aliphatic carbocycles. The van der Waals surface area contributed by atoms with Crippen LogP contribution in [0.25, 0.3) is 5.69 Å². The molecule has 0 unspecified atom stereocenters. The molecule has 128 valence electrons. The molecule has 0 saturated heterocycles. The smallest absolute Gasteiger partial charge is 0.307 e. The number of carbonyl (C=O) groups excluding carboxylic acids is 1. The highest BCUT2D eigenvalue weighted by atomic mass is 35.5. The molecule has 1 amide bonds. The van der Waals surface area contributed by atoms with Crippen molar-refractivity contribution in [2.45, 2.75) is 20.8 Å². The summed E-state index contributed by atoms with van der Waals surface area (Å²) in [6.45, 7) is 5.98. The molecular weight excluding hydrogens is 338 g/mol. The lowest BCUT2D eigenvalue weighted by molar-refractivity contribution is 0.0927. The third-order valence-electron chi connectivity index (χ3n) is 4.00. The zero-order valence-electron chi connectivity index (χ0n) is 14.2. The fraction of sp³-hybridized carbons (Fsp3) is 0.158. The number of halogens is 1. The lowest BCUT2D eigenvalue weighted by atomic mass is 10.2. The number of carbonyl (C=O) groups is 1. The van der Waals surface area contributed by atoms with Gasteiger partial charge in [0.05, 0.1) is 12.5 Å². The first-order valence-electron chi connectivity index (χ1n) is 7.79. The van der Waals surface area contributed by atoms with Gasteiger partial charge in [0.2, 0.25) is 0 Å². The highest BCUT2D eigenvalue weighted by Crippen LogP contribution is 2.24. The topological polar surface area (TPSA) is 59.5 Å². The molecule has 6 heteroatoms. The molecule has 0 spiro atoms. The van der Waals surface area contributed by atoms with Gasteiger partial charge in [0.15, 0.2) is 5.76 Å². The number of rotatable bonds is 4. The first-order valence-corrected chi connectivity index (χ1v) is 8.17. The number of nitrogens with zero attached hydrogens (tertiary/aromatic N) is 2. The van der Waals surface area contributed by atoms with Crippen molar-refractivity contribution in [1.82, 2.24) is 9.99 Å². The zero-order valence-corrected chi connectivity index (χ0v) is 15.0. The summed E-state index contributed by atoms with van der Waals surface area (Å²) in [4.78, 5) is 11.8. The van der Waals surface area contributed by atoms with Crippen molar-refractivity contribution >= 4 is 23.7 Å². The summed E-state index contributed by atoms with van der Waals surface area (Å²) in [5, 5.41) is 4.74. The Balaban J connectivity index is 1.83. The predicted molar refractivity (Wildman–Crippen MR) is 98.8 cm³/mol. The van der Waals surface area contributed by atoms with Gasteiger partial charge in [-0.15, -0.1) is 0 Å². The van der Waals surface area contributed by atoms with Gasteiger partial charge in [0.25, 0.3) is 0 Å². The van der Waals surface area contributed by atoms with E-state index in [1.165, 1.54) is 6.26 Å². The van der Waals surface area contributed by atoms with Gasteiger partial charge in [-0.05, 0) is 56.7 Å². The van der Waals surface area contributed by atoms with Gasteiger partial charge >= 0.3 is 5.91 Å². The van der Waals surface area contributed by atoms with Crippen molar-refractivity contribution < 1.29 is 9.21 Å². The van der Waals surface area contributed by atoms with Crippen molar-refractivity contribution in [2.24, 2.45) is 5.10 Å². The predicted octanol–water partition coefficient (Wildman–Crippen LogP) is 4.41. The molecule has 2 heterocycles. The maximum Gasteiger partial charge on any atom is 0.307 e. The van der Waals surface area contributed by atoms with Crippen LogP contribution in [0.1, 0.15) is 33.1 Å². The lowest BCUT2D eigenvalue weighted by Gasteiger charge is -2.11. The van der Waals surface area contributed by atoms with Gasteiger partial charge in [0, 0.05) is 27.7 Å². The van der Waals surface area contributed by atoms with E-state index in [1.54, 1.807) is 18.3 Å². The van der Waals surface area contributed by atoms with E-state index in [9.17, 15) is 4.79 Å². The van der Waals surface area contributed by atoms with Crippen LogP contribution in [-0.2, 0) is 0 Å². The number of hydrogen-bond donors (Lipinski definition) is 1. The van der Waals surface area contributed by atoms with Crippen LogP contribution in [0, 0.1) is 20.8 Å². The second-order valence-electron chi connectivity index (χ2n) is 5.77. The van der Waals surface area contributed by atoms with E-state index >= 15 is 0 Å². The molecule has 0 radical (unpaired) electrons. The normalized spacial score (nSPS) is 11.2. The largest absolute Gasteiger partial charge is 0.459 e. The number of hydrogen-bond acceptors (Lipinski definition) is 3. The Morgan fingerprint density at radius 2 is 2.04 bits per heavy atom. The van der Waals surface area contributed by atoms with Crippen molar-refractivity contribution in [1.29, 1.82) is 0 Å². The van der Waals surface area contributed by atoms with E-state index < -0.39 is 0 Å². The van der Waals surface area contributed by atoms with Crippen molar-refractivity contribution in [3.05, 3.63) is 76.0 Å². The number of amides is 1. The van der Waals surface area contributed by atoms with Gasteiger partial charge < -0.3 is 8.98 Å². The summed E-state index contributed by atoms with van der Waals surface area (Å²) in [6, 6.07) is 11.2. The summed E-state index contributed by atoms with van der Waals surface area (Å²) < 4.78 is 7.12. The highest BCUT2D eigenvalue weighted by molar-refractivity contribution is 6.31. The maximum atomic E-state index is 11.8. The molecule has 1 aromatic carbocycles. The van der Waals surface area contributed by atoms with Crippen LogP contribution in [0.2, 0.25) is 5.02 Å². The molecule has 0 aliphatic heterocycles. The Morgan fingerprint density at radius 1 is 1.24 bits per heavy atom. The molecule has 3 aromatic rings. The van der Waals surface area contributed by atoms with Crippen LogP contribution in [0.3, 0.4) is 0 Å².